The molecule has 2 N–H and O–H groups in total. The molecule has 0 saturated carbocycles. The Bertz CT molecular complexity index is 717. The highest BCUT2D eigenvalue weighted by molar-refractivity contribution is 6.30. The van der Waals surface area contributed by atoms with Gasteiger partial charge in [-0.3, -0.25) is 9.59 Å². The minimum atomic E-state index is -1.03. The molecule has 0 fully saturated rings. The van der Waals surface area contributed by atoms with E-state index in [9.17, 15) is 19.5 Å². The number of rotatable bonds is 4. The number of carboxylic acids is 1. The van der Waals surface area contributed by atoms with E-state index in [0.29, 0.717) is 23.7 Å². The highest BCUT2D eigenvalue weighted by atomic mass is 35.5. The lowest BCUT2D eigenvalue weighted by Crippen LogP contribution is -2.46. The summed E-state index contributed by atoms with van der Waals surface area (Å²) in [6, 6.07) is 1.01. The zero-order valence-electron chi connectivity index (χ0n) is 14.9. The van der Waals surface area contributed by atoms with Crippen molar-refractivity contribution in [3.05, 3.63) is 28.5 Å². The lowest BCUT2D eigenvalue weighted by Gasteiger charge is -2.37. The van der Waals surface area contributed by atoms with Gasteiger partial charge in [-0.25, -0.2) is 9.78 Å². The second-order valence-electron chi connectivity index (χ2n) is 6.98. The van der Waals surface area contributed by atoms with Crippen molar-refractivity contribution in [2.24, 2.45) is 0 Å². The van der Waals surface area contributed by atoms with E-state index in [1.807, 2.05) is 0 Å². The number of carboxylic acid groups (broad SMARTS) is 1. The first kappa shape index (κ1) is 20.0. The van der Waals surface area contributed by atoms with Gasteiger partial charge in [-0.15, -0.1) is 0 Å². The number of hydrogen-bond acceptors (Lipinski definition) is 5. The van der Waals surface area contributed by atoms with E-state index in [0.717, 1.165) is 5.56 Å². The Balaban J connectivity index is 2.13. The summed E-state index contributed by atoms with van der Waals surface area (Å²) < 4.78 is 5.10. The van der Waals surface area contributed by atoms with Crippen LogP contribution in [0.15, 0.2) is 12.3 Å². The standard InChI is InChI=1S/C17H22ClN3O5/c1-17(2,3)26-16(25)20-9-13(22)21-7-5-11-10(4-6-19-15(11)18)12(21)8-14(23)24/h4,6,12H,5,7-9H2,1-3H3,(H,20,25)(H,23,24). The highest BCUT2D eigenvalue weighted by Crippen LogP contribution is 2.34. The number of ether oxygens (including phenoxy) is 1. The normalized spacial score (nSPS) is 16.6. The summed E-state index contributed by atoms with van der Waals surface area (Å²) in [6.45, 7) is 5.17. The molecule has 0 aliphatic carbocycles. The maximum atomic E-state index is 12.6. The number of halogens is 1. The minimum Gasteiger partial charge on any atom is -0.481 e. The third-order valence-corrected chi connectivity index (χ3v) is 4.17. The molecule has 0 aromatic carbocycles. The van der Waals surface area contributed by atoms with Gasteiger partial charge in [0.25, 0.3) is 0 Å². The van der Waals surface area contributed by atoms with Gasteiger partial charge in [-0.05, 0) is 44.4 Å². The number of hydrogen-bond donors (Lipinski definition) is 2. The van der Waals surface area contributed by atoms with E-state index in [1.165, 1.54) is 11.1 Å². The average Bonchev–Trinajstić information content (AvgIpc) is 2.51. The molecule has 26 heavy (non-hydrogen) atoms. The third kappa shape index (κ3) is 5.08. The van der Waals surface area contributed by atoms with Crippen molar-refractivity contribution in [1.29, 1.82) is 0 Å². The van der Waals surface area contributed by atoms with Crippen LogP contribution in [0.3, 0.4) is 0 Å². The van der Waals surface area contributed by atoms with Gasteiger partial charge in [0.15, 0.2) is 0 Å². The van der Waals surface area contributed by atoms with Crippen LogP contribution in [0, 0.1) is 0 Å². The fourth-order valence-corrected chi connectivity index (χ4v) is 3.10. The van der Waals surface area contributed by atoms with Crippen molar-refractivity contribution in [3.63, 3.8) is 0 Å². The first-order valence-corrected chi connectivity index (χ1v) is 8.57. The number of fused-ring (bicyclic) bond motifs is 1. The molecule has 2 heterocycles. The van der Waals surface area contributed by atoms with Crippen LogP contribution in [0.1, 0.15) is 44.4 Å². The number of carbonyl (C=O) groups excluding carboxylic acids is 2. The molecule has 142 valence electrons. The predicted molar refractivity (Wildman–Crippen MR) is 93.9 cm³/mol. The van der Waals surface area contributed by atoms with Crippen molar-refractivity contribution in [2.75, 3.05) is 13.1 Å². The summed E-state index contributed by atoms with van der Waals surface area (Å²) in [5.74, 6) is -1.42. The number of pyridine rings is 1. The number of nitrogens with zero attached hydrogens (tertiary/aromatic N) is 2. The van der Waals surface area contributed by atoms with Crippen LogP contribution in [0.5, 0.6) is 0 Å². The minimum absolute atomic E-state index is 0.258. The Morgan fingerprint density at radius 2 is 2.12 bits per heavy atom. The van der Waals surface area contributed by atoms with Crippen molar-refractivity contribution in [2.45, 2.75) is 45.3 Å². The summed E-state index contributed by atoms with van der Waals surface area (Å²) in [7, 11) is 0. The SMILES string of the molecule is CC(C)(C)OC(=O)NCC(=O)N1CCc2c(ccnc2Cl)C1CC(=O)O. The van der Waals surface area contributed by atoms with Crippen LogP contribution in [0.4, 0.5) is 4.79 Å². The van der Waals surface area contributed by atoms with Gasteiger partial charge in [0.2, 0.25) is 5.91 Å². The molecular weight excluding hydrogens is 362 g/mol. The molecule has 1 aliphatic heterocycles. The second kappa shape index (κ2) is 7.90. The van der Waals surface area contributed by atoms with Gasteiger partial charge >= 0.3 is 12.1 Å². The Morgan fingerprint density at radius 3 is 2.73 bits per heavy atom. The van der Waals surface area contributed by atoms with Crippen LogP contribution in [0.2, 0.25) is 5.15 Å². The van der Waals surface area contributed by atoms with E-state index in [1.54, 1.807) is 26.8 Å². The van der Waals surface area contributed by atoms with Crippen LogP contribution < -0.4 is 5.32 Å². The van der Waals surface area contributed by atoms with Crippen molar-refractivity contribution in [1.82, 2.24) is 15.2 Å². The Morgan fingerprint density at radius 1 is 1.42 bits per heavy atom. The molecule has 0 saturated heterocycles. The zero-order valence-corrected chi connectivity index (χ0v) is 15.7. The Labute approximate surface area is 156 Å². The summed E-state index contributed by atoms with van der Waals surface area (Å²) in [5, 5.41) is 12.0. The van der Waals surface area contributed by atoms with Crippen molar-refractivity contribution in [3.8, 4) is 0 Å². The third-order valence-electron chi connectivity index (χ3n) is 3.85. The molecule has 2 amide bonds. The summed E-state index contributed by atoms with van der Waals surface area (Å²) in [4.78, 5) is 41.0. The van der Waals surface area contributed by atoms with Gasteiger partial charge in [0, 0.05) is 12.7 Å². The van der Waals surface area contributed by atoms with E-state index in [2.05, 4.69) is 10.3 Å². The van der Waals surface area contributed by atoms with Gasteiger partial charge in [0.05, 0.1) is 12.5 Å². The quantitative estimate of drug-likeness (QED) is 0.771. The molecule has 1 aliphatic rings. The Hall–Kier alpha value is -2.35. The molecule has 1 atom stereocenters. The molecule has 1 unspecified atom stereocenters. The van der Waals surface area contributed by atoms with Crippen molar-refractivity contribution >= 4 is 29.6 Å². The fraction of sp³-hybridized carbons (Fsp3) is 0.529. The van der Waals surface area contributed by atoms with E-state index < -0.39 is 23.7 Å². The van der Waals surface area contributed by atoms with E-state index >= 15 is 0 Å². The summed E-state index contributed by atoms with van der Waals surface area (Å²) in [6.07, 6.45) is 0.996. The fourth-order valence-electron chi connectivity index (χ4n) is 2.84. The van der Waals surface area contributed by atoms with Crippen LogP contribution in [0.25, 0.3) is 0 Å². The van der Waals surface area contributed by atoms with Crippen molar-refractivity contribution < 1.29 is 24.2 Å². The molecule has 0 radical (unpaired) electrons. The lowest BCUT2D eigenvalue weighted by atomic mass is 9.92. The molecule has 0 spiro atoms. The molecule has 1 aromatic heterocycles. The molecule has 8 nitrogen and oxygen atoms in total. The molecule has 1 aromatic rings. The predicted octanol–water partition coefficient (Wildman–Crippen LogP) is 2.16. The number of nitrogens with one attached hydrogen (secondary N) is 1. The summed E-state index contributed by atoms with van der Waals surface area (Å²) in [5.41, 5.74) is 0.751. The van der Waals surface area contributed by atoms with Crippen LogP contribution in [-0.4, -0.2) is 51.7 Å². The van der Waals surface area contributed by atoms with Crippen LogP contribution in [-0.2, 0) is 20.7 Å². The van der Waals surface area contributed by atoms with Gasteiger partial charge in [-0.2, -0.15) is 0 Å². The van der Waals surface area contributed by atoms with Gasteiger partial charge in [0.1, 0.15) is 17.3 Å². The number of aromatic nitrogens is 1. The molecular formula is C17H22ClN3O5. The monoisotopic (exact) mass is 383 g/mol. The smallest absolute Gasteiger partial charge is 0.408 e. The van der Waals surface area contributed by atoms with Gasteiger partial charge in [-0.1, -0.05) is 11.6 Å². The lowest BCUT2D eigenvalue weighted by molar-refractivity contribution is -0.141. The van der Waals surface area contributed by atoms with E-state index in [4.69, 9.17) is 16.3 Å². The first-order valence-electron chi connectivity index (χ1n) is 8.20. The zero-order chi connectivity index (χ0) is 19.5. The van der Waals surface area contributed by atoms with Crippen LogP contribution >= 0.6 is 11.6 Å². The number of amides is 2. The summed E-state index contributed by atoms with van der Waals surface area (Å²) >= 11 is 6.10. The number of alkyl carbamates (subject to hydrolysis) is 1. The number of aliphatic carboxylic acids is 1. The van der Waals surface area contributed by atoms with Gasteiger partial charge < -0.3 is 20.1 Å². The second-order valence-corrected chi connectivity index (χ2v) is 7.33. The Kier molecular flexibility index (Phi) is 6.07. The highest BCUT2D eigenvalue weighted by Gasteiger charge is 2.33. The maximum Gasteiger partial charge on any atom is 0.408 e. The molecule has 0 bridgehead atoms. The molecule has 9 heteroatoms. The maximum absolute atomic E-state index is 12.6. The average molecular weight is 384 g/mol. The topological polar surface area (TPSA) is 109 Å². The van der Waals surface area contributed by atoms with E-state index in [-0.39, 0.29) is 18.9 Å². The first-order chi connectivity index (χ1) is 12.1. The largest absolute Gasteiger partial charge is 0.481 e. The molecule has 2 rings (SSSR count). The number of carbonyl (C=O) groups is 3.